The summed E-state index contributed by atoms with van der Waals surface area (Å²) in [6.07, 6.45) is 2.08. The van der Waals surface area contributed by atoms with Gasteiger partial charge in [0.15, 0.2) is 9.84 Å². The summed E-state index contributed by atoms with van der Waals surface area (Å²) >= 11 is 0. The van der Waals surface area contributed by atoms with E-state index in [1.165, 1.54) is 6.20 Å². The van der Waals surface area contributed by atoms with Gasteiger partial charge in [0.2, 0.25) is 0 Å². The van der Waals surface area contributed by atoms with E-state index in [1.54, 1.807) is 12.1 Å². The number of pyridine rings is 1. The summed E-state index contributed by atoms with van der Waals surface area (Å²) in [5.41, 5.74) is 2.68. The highest BCUT2D eigenvalue weighted by atomic mass is 32.2. The number of sulfone groups is 1. The highest BCUT2D eigenvalue weighted by molar-refractivity contribution is 7.91. The number of benzene rings is 1. The molecule has 1 amide bonds. The first-order valence-corrected chi connectivity index (χ1v) is 10.0. The number of aryl methyl sites for hydroxylation is 1. The van der Waals surface area contributed by atoms with Gasteiger partial charge in [0.1, 0.15) is 5.82 Å². The first-order valence-electron chi connectivity index (χ1n) is 8.19. The lowest BCUT2D eigenvalue weighted by Crippen LogP contribution is -2.24. The molecule has 7 heteroatoms. The molecule has 1 fully saturated rings. The van der Waals surface area contributed by atoms with Crippen molar-refractivity contribution in [2.24, 2.45) is 0 Å². The normalized spacial score (nSPS) is 18.7. The fraction of sp³-hybridized carbons (Fsp3) is 0.333. The Bertz CT molecular complexity index is 863. The predicted octanol–water partition coefficient (Wildman–Crippen LogP) is 1.92. The van der Waals surface area contributed by atoms with Crippen molar-refractivity contribution in [2.75, 3.05) is 16.8 Å². The van der Waals surface area contributed by atoms with E-state index in [9.17, 15) is 13.2 Å². The predicted molar refractivity (Wildman–Crippen MR) is 97.3 cm³/mol. The summed E-state index contributed by atoms with van der Waals surface area (Å²) in [4.78, 5) is 16.4. The van der Waals surface area contributed by atoms with E-state index >= 15 is 0 Å². The Morgan fingerprint density at radius 1 is 1.24 bits per heavy atom. The third-order valence-corrected chi connectivity index (χ3v) is 6.08. The molecule has 2 heterocycles. The van der Waals surface area contributed by atoms with Crippen LogP contribution in [0.15, 0.2) is 42.6 Å². The summed E-state index contributed by atoms with van der Waals surface area (Å²) in [6, 6.07) is 11.2. The first-order chi connectivity index (χ1) is 11.9. The van der Waals surface area contributed by atoms with E-state index in [4.69, 9.17) is 0 Å². The molecular formula is C18H21N3O3S. The van der Waals surface area contributed by atoms with Crippen molar-refractivity contribution < 1.29 is 13.2 Å². The van der Waals surface area contributed by atoms with Gasteiger partial charge in [-0.15, -0.1) is 0 Å². The van der Waals surface area contributed by atoms with Crippen LogP contribution >= 0.6 is 0 Å². The molecule has 1 atom stereocenters. The summed E-state index contributed by atoms with van der Waals surface area (Å²) in [7, 11) is -2.93. The molecule has 1 aliphatic rings. The maximum atomic E-state index is 12.2. The van der Waals surface area contributed by atoms with Crippen molar-refractivity contribution in [3.8, 4) is 0 Å². The molecule has 3 rings (SSSR count). The van der Waals surface area contributed by atoms with Crippen LogP contribution in [0.2, 0.25) is 0 Å². The van der Waals surface area contributed by atoms with Crippen molar-refractivity contribution in [2.45, 2.75) is 25.9 Å². The average molecular weight is 359 g/mol. The molecule has 1 aromatic carbocycles. The van der Waals surface area contributed by atoms with Crippen LogP contribution in [0.1, 0.15) is 27.9 Å². The molecule has 0 bridgehead atoms. The molecule has 25 heavy (non-hydrogen) atoms. The maximum absolute atomic E-state index is 12.2. The van der Waals surface area contributed by atoms with Crippen LogP contribution in [0.3, 0.4) is 0 Å². The van der Waals surface area contributed by atoms with Crippen molar-refractivity contribution in [1.29, 1.82) is 0 Å². The fourth-order valence-corrected chi connectivity index (χ4v) is 4.49. The molecular weight excluding hydrogens is 338 g/mol. The maximum Gasteiger partial charge on any atom is 0.253 e. The van der Waals surface area contributed by atoms with E-state index in [-0.39, 0.29) is 23.5 Å². The Hall–Kier alpha value is -2.41. The minimum absolute atomic E-state index is 0.113. The average Bonchev–Trinajstić information content (AvgIpc) is 2.93. The Labute approximate surface area is 147 Å². The largest absolute Gasteiger partial charge is 0.366 e. The second kappa shape index (κ2) is 7.23. The van der Waals surface area contributed by atoms with Gasteiger partial charge in [-0.25, -0.2) is 13.4 Å². The van der Waals surface area contributed by atoms with Crippen LogP contribution < -0.4 is 10.6 Å². The van der Waals surface area contributed by atoms with Gasteiger partial charge >= 0.3 is 0 Å². The first kappa shape index (κ1) is 17.4. The Kier molecular flexibility index (Phi) is 5.03. The van der Waals surface area contributed by atoms with Crippen molar-refractivity contribution >= 4 is 21.6 Å². The van der Waals surface area contributed by atoms with Crippen LogP contribution in [0, 0.1) is 6.92 Å². The summed E-state index contributed by atoms with van der Waals surface area (Å²) in [6.45, 7) is 2.47. The van der Waals surface area contributed by atoms with E-state index in [0.29, 0.717) is 24.3 Å². The van der Waals surface area contributed by atoms with Crippen LogP contribution in [0.4, 0.5) is 5.82 Å². The number of aromatic nitrogens is 1. The highest BCUT2D eigenvalue weighted by Crippen LogP contribution is 2.16. The molecule has 6 nitrogen and oxygen atoms in total. The number of hydrogen-bond acceptors (Lipinski definition) is 5. The molecule has 1 saturated heterocycles. The van der Waals surface area contributed by atoms with Crippen LogP contribution in [-0.4, -0.2) is 36.9 Å². The van der Waals surface area contributed by atoms with Crippen LogP contribution in [0.5, 0.6) is 0 Å². The molecule has 132 valence electrons. The third-order valence-electron chi connectivity index (χ3n) is 4.31. The molecule has 0 saturated carbocycles. The van der Waals surface area contributed by atoms with Crippen molar-refractivity contribution in [3.63, 3.8) is 0 Å². The van der Waals surface area contributed by atoms with Gasteiger partial charge in [-0.1, -0.05) is 24.3 Å². The molecule has 1 aromatic heterocycles. The monoisotopic (exact) mass is 359 g/mol. The van der Waals surface area contributed by atoms with Crippen LogP contribution in [0.25, 0.3) is 0 Å². The number of hydrogen-bond donors (Lipinski definition) is 2. The second-order valence-electron chi connectivity index (χ2n) is 6.29. The number of nitrogens with one attached hydrogen (secondary N) is 2. The molecule has 0 aliphatic carbocycles. The smallest absolute Gasteiger partial charge is 0.253 e. The Morgan fingerprint density at radius 3 is 2.68 bits per heavy atom. The highest BCUT2D eigenvalue weighted by Gasteiger charge is 2.27. The number of carbonyl (C=O) groups is 1. The standard InChI is InChI=1S/C18H21N3O3S/c1-13-4-2-3-5-14(13)10-20-18(22)15-6-7-17(19-11-15)21-16-8-9-25(23,24)12-16/h2-7,11,16H,8-10,12H2,1H3,(H,19,21)(H,20,22). The van der Waals surface area contributed by atoms with E-state index < -0.39 is 9.84 Å². The zero-order valence-electron chi connectivity index (χ0n) is 14.0. The number of rotatable bonds is 5. The van der Waals surface area contributed by atoms with E-state index in [0.717, 1.165) is 11.1 Å². The molecule has 1 aliphatic heterocycles. The molecule has 0 radical (unpaired) electrons. The Balaban J connectivity index is 1.56. The molecule has 2 aromatic rings. The van der Waals surface area contributed by atoms with Gasteiger partial charge in [-0.05, 0) is 36.6 Å². The van der Waals surface area contributed by atoms with Gasteiger partial charge in [0.05, 0.1) is 17.1 Å². The number of carbonyl (C=O) groups excluding carboxylic acids is 1. The number of anilines is 1. The summed E-state index contributed by atoms with van der Waals surface area (Å²) < 4.78 is 22.9. The van der Waals surface area contributed by atoms with Gasteiger partial charge in [0.25, 0.3) is 5.91 Å². The number of nitrogens with zero attached hydrogens (tertiary/aromatic N) is 1. The zero-order chi connectivity index (χ0) is 17.9. The fourth-order valence-electron chi connectivity index (χ4n) is 2.82. The minimum Gasteiger partial charge on any atom is -0.366 e. The third kappa shape index (κ3) is 4.57. The zero-order valence-corrected chi connectivity index (χ0v) is 14.8. The molecule has 2 N–H and O–H groups in total. The lowest BCUT2D eigenvalue weighted by molar-refractivity contribution is 0.0950. The van der Waals surface area contributed by atoms with Gasteiger partial charge in [-0.3, -0.25) is 4.79 Å². The summed E-state index contributed by atoms with van der Waals surface area (Å²) in [5.74, 6) is 0.737. The molecule has 1 unspecified atom stereocenters. The van der Waals surface area contributed by atoms with Crippen molar-refractivity contribution in [3.05, 3.63) is 59.3 Å². The number of amides is 1. The lowest BCUT2D eigenvalue weighted by atomic mass is 10.1. The van der Waals surface area contributed by atoms with Gasteiger partial charge in [0, 0.05) is 18.8 Å². The Morgan fingerprint density at radius 2 is 2.04 bits per heavy atom. The van der Waals surface area contributed by atoms with Crippen molar-refractivity contribution in [1.82, 2.24) is 10.3 Å². The topological polar surface area (TPSA) is 88.2 Å². The minimum atomic E-state index is -2.93. The van der Waals surface area contributed by atoms with Gasteiger partial charge in [-0.2, -0.15) is 0 Å². The quantitative estimate of drug-likeness (QED) is 0.851. The SMILES string of the molecule is Cc1ccccc1CNC(=O)c1ccc(NC2CCS(=O)(=O)C2)nc1. The van der Waals surface area contributed by atoms with E-state index in [1.807, 2.05) is 31.2 Å². The lowest BCUT2D eigenvalue weighted by Gasteiger charge is -2.12. The second-order valence-corrected chi connectivity index (χ2v) is 8.51. The molecule has 0 spiro atoms. The van der Waals surface area contributed by atoms with E-state index in [2.05, 4.69) is 15.6 Å². The van der Waals surface area contributed by atoms with Gasteiger partial charge < -0.3 is 10.6 Å². The van der Waals surface area contributed by atoms with Crippen LogP contribution in [-0.2, 0) is 16.4 Å². The summed E-state index contributed by atoms with van der Waals surface area (Å²) in [5, 5.41) is 5.99.